The topological polar surface area (TPSA) is 102 Å². The number of likely N-dealkylation sites (N-methyl/N-ethyl adjacent to an activating group) is 1. The van der Waals surface area contributed by atoms with Crippen LogP contribution < -0.4 is 9.46 Å². The highest BCUT2D eigenvalue weighted by Gasteiger charge is 2.18. The summed E-state index contributed by atoms with van der Waals surface area (Å²) in [6.45, 7) is 1.06. The molecule has 1 amide bonds. The van der Waals surface area contributed by atoms with E-state index in [1.165, 1.54) is 17.0 Å². The molecular weight excluding hydrogens is 396 g/mol. The first kappa shape index (κ1) is 22.4. The van der Waals surface area contributed by atoms with Crippen LogP contribution in [0.1, 0.15) is 11.1 Å². The summed E-state index contributed by atoms with van der Waals surface area (Å²) in [4.78, 5) is 25.4. The van der Waals surface area contributed by atoms with E-state index in [1.54, 1.807) is 32.4 Å². The number of hydrogen-bond donors (Lipinski definition) is 1. The molecule has 0 fully saturated rings. The van der Waals surface area contributed by atoms with Crippen molar-refractivity contribution in [3.63, 3.8) is 0 Å². The third kappa shape index (κ3) is 6.58. The molecule has 0 atom stereocenters. The van der Waals surface area contributed by atoms with Crippen LogP contribution in [0.25, 0.3) is 0 Å². The molecule has 0 aromatic heterocycles. The predicted molar refractivity (Wildman–Crippen MR) is 107 cm³/mol. The Morgan fingerprint density at radius 3 is 2.38 bits per heavy atom. The fourth-order valence-corrected chi connectivity index (χ4v) is 3.40. The van der Waals surface area contributed by atoms with Crippen molar-refractivity contribution >= 4 is 21.9 Å². The Balaban J connectivity index is 1.82. The molecule has 156 valence electrons. The minimum absolute atomic E-state index is 0.0449. The molecule has 2 rings (SSSR count). The zero-order chi connectivity index (χ0) is 21.4. The zero-order valence-electron chi connectivity index (χ0n) is 16.5. The van der Waals surface area contributed by atoms with Gasteiger partial charge in [-0.25, -0.2) is 8.42 Å². The summed E-state index contributed by atoms with van der Waals surface area (Å²) in [6.07, 6.45) is 0. The third-order valence-corrected chi connectivity index (χ3v) is 5.54. The molecule has 2 aromatic carbocycles. The Bertz CT molecular complexity index is 957. The number of methoxy groups -OCH3 is 1. The number of esters is 1. The predicted octanol–water partition coefficient (Wildman–Crippen LogP) is 1.48. The highest BCUT2D eigenvalue weighted by atomic mass is 32.2. The van der Waals surface area contributed by atoms with Crippen LogP contribution in [0.5, 0.6) is 5.75 Å². The van der Waals surface area contributed by atoms with E-state index in [0.29, 0.717) is 5.75 Å². The average molecular weight is 420 g/mol. The number of ether oxygens (including phenoxy) is 2. The van der Waals surface area contributed by atoms with Crippen LogP contribution in [-0.4, -0.2) is 52.5 Å². The minimum Gasteiger partial charge on any atom is -0.496 e. The summed E-state index contributed by atoms with van der Waals surface area (Å²) in [5.74, 6) is -0.625. The second kappa shape index (κ2) is 10.0. The third-order valence-electron chi connectivity index (χ3n) is 4.12. The van der Waals surface area contributed by atoms with E-state index in [2.05, 4.69) is 4.72 Å². The quantitative estimate of drug-likeness (QED) is 0.617. The highest BCUT2D eigenvalue weighted by molar-refractivity contribution is 7.89. The molecule has 0 spiro atoms. The van der Waals surface area contributed by atoms with Crippen molar-refractivity contribution in [1.29, 1.82) is 0 Å². The van der Waals surface area contributed by atoms with Crippen LogP contribution in [-0.2, 0) is 30.9 Å². The van der Waals surface area contributed by atoms with Gasteiger partial charge < -0.3 is 14.4 Å². The zero-order valence-corrected chi connectivity index (χ0v) is 17.4. The second-order valence-electron chi connectivity index (χ2n) is 6.36. The SMILES string of the molecule is COc1ccccc1CN(C)C(=O)COC(=O)CNS(=O)(=O)c1ccc(C)cc1. The Labute approximate surface area is 170 Å². The number of benzene rings is 2. The van der Waals surface area contributed by atoms with Gasteiger partial charge in [-0.05, 0) is 25.1 Å². The number of rotatable bonds is 9. The lowest BCUT2D eigenvalue weighted by Gasteiger charge is -2.18. The minimum atomic E-state index is -3.84. The number of hydrogen-bond acceptors (Lipinski definition) is 6. The molecule has 0 saturated carbocycles. The van der Waals surface area contributed by atoms with Crippen LogP contribution in [0.2, 0.25) is 0 Å². The van der Waals surface area contributed by atoms with Gasteiger partial charge in [0.1, 0.15) is 12.3 Å². The molecule has 0 saturated heterocycles. The van der Waals surface area contributed by atoms with Crippen LogP contribution >= 0.6 is 0 Å². The van der Waals surface area contributed by atoms with Crippen LogP contribution in [0, 0.1) is 6.92 Å². The standard InChI is InChI=1S/C20H24N2O6S/c1-15-8-10-17(11-9-15)29(25,26)21-12-20(24)28-14-19(23)22(2)13-16-6-4-5-7-18(16)27-3/h4-11,21H,12-14H2,1-3H3. The van der Waals surface area contributed by atoms with Crippen molar-refractivity contribution in [2.24, 2.45) is 0 Å². The Morgan fingerprint density at radius 2 is 1.72 bits per heavy atom. The van der Waals surface area contributed by atoms with Crippen LogP contribution in [0.4, 0.5) is 0 Å². The molecular formula is C20H24N2O6S. The summed E-state index contributed by atoms with van der Waals surface area (Å²) in [5.41, 5.74) is 1.72. The average Bonchev–Trinajstić information content (AvgIpc) is 2.71. The molecule has 0 heterocycles. The first-order valence-corrected chi connectivity index (χ1v) is 10.3. The molecule has 0 aliphatic rings. The first-order chi connectivity index (χ1) is 13.7. The lowest BCUT2D eigenvalue weighted by Crippen LogP contribution is -2.34. The molecule has 0 aliphatic heterocycles. The number of amides is 1. The summed E-state index contributed by atoms with van der Waals surface area (Å²) in [6, 6.07) is 13.5. The number of carbonyl (C=O) groups excluding carboxylic acids is 2. The number of nitrogens with one attached hydrogen (secondary N) is 1. The number of nitrogens with zero attached hydrogens (tertiary/aromatic N) is 1. The van der Waals surface area contributed by atoms with E-state index in [-0.39, 0.29) is 11.4 Å². The molecule has 2 aromatic rings. The number of para-hydroxylation sites is 1. The molecule has 29 heavy (non-hydrogen) atoms. The van der Waals surface area contributed by atoms with Gasteiger partial charge in [0, 0.05) is 19.2 Å². The highest BCUT2D eigenvalue weighted by Crippen LogP contribution is 2.18. The van der Waals surface area contributed by atoms with Crippen molar-refractivity contribution in [3.05, 3.63) is 59.7 Å². The van der Waals surface area contributed by atoms with E-state index < -0.39 is 35.1 Å². The summed E-state index contributed by atoms with van der Waals surface area (Å²) < 4.78 is 36.6. The van der Waals surface area contributed by atoms with Gasteiger partial charge in [0.25, 0.3) is 5.91 Å². The van der Waals surface area contributed by atoms with Gasteiger partial charge in [0.15, 0.2) is 6.61 Å². The van der Waals surface area contributed by atoms with Gasteiger partial charge in [-0.3, -0.25) is 9.59 Å². The van der Waals surface area contributed by atoms with Crippen molar-refractivity contribution in [2.75, 3.05) is 27.3 Å². The fraction of sp³-hybridized carbons (Fsp3) is 0.300. The lowest BCUT2D eigenvalue weighted by atomic mass is 10.2. The number of sulfonamides is 1. The maximum absolute atomic E-state index is 12.2. The number of carbonyl (C=O) groups is 2. The summed E-state index contributed by atoms with van der Waals surface area (Å²) in [7, 11) is -0.722. The molecule has 0 unspecified atom stereocenters. The van der Waals surface area contributed by atoms with E-state index >= 15 is 0 Å². The number of aryl methyl sites for hydroxylation is 1. The van der Waals surface area contributed by atoms with Gasteiger partial charge in [0.2, 0.25) is 10.0 Å². The largest absolute Gasteiger partial charge is 0.496 e. The van der Waals surface area contributed by atoms with Crippen LogP contribution in [0.3, 0.4) is 0 Å². The van der Waals surface area contributed by atoms with Crippen molar-refractivity contribution in [2.45, 2.75) is 18.4 Å². The van der Waals surface area contributed by atoms with Gasteiger partial charge in [-0.2, -0.15) is 4.72 Å². The van der Waals surface area contributed by atoms with E-state index in [4.69, 9.17) is 9.47 Å². The van der Waals surface area contributed by atoms with Gasteiger partial charge in [-0.1, -0.05) is 35.9 Å². The normalized spacial score (nSPS) is 11.0. The molecule has 8 nitrogen and oxygen atoms in total. The van der Waals surface area contributed by atoms with Crippen molar-refractivity contribution in [3.8, 4) is 5.75 Å². The Kier molecular flexibility index (Phi) is 7.74. The Morgan fingerprint density at radius 1 is 1.07 bits per heavy atom. The van der Waals surface area contributed by atoms with Gasteiger partial charge >= 0.3 is 5.97 Å². The lowest BCUT2D eigenvalue weighted by molar-refractivity contribution is -0.150. The molecule has 0 radical (unpaired) electrons. The first-order valence-electron chi connectivity index (χ1n) is 8.80. The molecule has 1 N–H and O–H groups in total. The Hall–Kier alpha value is -2.91. The van der Waals surface area contributed by atoms with E-state index in [0.717, 1.165) is 11.1 Å². The van der Waals surface area contributed by atoms with Gasteiger partial charge in [-0.15, -0.1) is 0 Å². The van der Waals surface area contributed by atoms with Gasteiger partial charge in [0.05, 0.1) is 12.0 Å². The molecule has 0 aliphatic carbocycles. The smallest absolute Gasteiger partial charge is 0.321 e. The summed E-state index contributed by atoms with van der Waals surface area (Å²) >= 11 is 0. The van der Waals surface area contributed by atoms with Crippen molar-refractivity contribution in [1.82, 2.24) is 9.62 Å². The molecule has 0 bridgehead atoms. The van der Waals surface area contributed by atoms with Crippen molar-refractivity contribution < 1.29 is 27.5 Å². The van der Waals surface area contributed by atoms with E-state index in [1.807, 2.05) is 25.1 Å². The monoisotopic (exact) mass is 420 g/mol. The second-order valence-corrected chi connectivity index (χ2v) is 8.13. The fourth-order valence-electron chi connectivity index (χ4n) is 2.44. The summed E-state index contributed by atoms with van der Waals surface area (Å²) in [5, 5.41) is 0. The maximum atomic E-state index is 12.2. The molecule has 9 heteroatoms. The maximum Gasteiger partial charge on any atom is 0.321 e. The van der Waals surface area contributed by atoms with Crippen LogP contribution in [0.15, 0.2) is 53.4 Å². The van der Waals surface area contributed by atoms with E-state index in [9.17, 15) is 18.0 Å².